The Balaban J connectivity index is -0.00000000167. The smallest absolute Gasteiger partial charge is 1.00 e. The van der Waals surface area contributed by atoms with Crippen LogP contribution < -0.4 is 29.6 Å². The summed E-state index contributed by atoms with van der Waals surface area (Å²) in [5, 5.41) is 0. The average Bonchev–Trinajstić information content (AvgIpc) is 1.00. The molecule has 0 radical (unpaired) electrons. The van der Waals surface area contributed by atoms with Gasteiger partial charge in [-0.3, -0.25) is 0 Å². The minimum Gasteiger partial charge on any atom is -1.00 e. The summed E-state index contributed by atoms with van der Waals surface area (Å²) in [5.74, 6) is 0. The molecule has 24 valence electrons. The Labute approximate surface area is 59.5 Å². The van der Waals surface area contributed by atoms with Crippen molar-refractivity contribution >= 4 is 23.3 Å². The van der Waals surface area contributed by atoms with Gasteiger partial charge in [0.15, 0.2) is 0 Å². The van der Waals surface area contributed by atoms with Gasteiger partial charge in [0.05, 0.1) is 0 Å². The van der Waals surface area contributed by atoms with E-state index < -0.39 is 0 Å². The van der Waals surface area contributed by atoms with Gasteiger partial charge in [-0.2, -0.15) is 0 Å². The third kappa shape index (κ3) is 9.40. The summed E-state index contributed by atoms with van der Waals surface area (Å²) >= 11 is 6.44. The molecule has 0 atom stereocenters. The fraction of sp³-hybridized carbons (Fsp3) is 0. The summed E-state index contributed by atoms with van der Waals surface area (Å²) in [6.45, 7) is 0. The van der Waals surface area contributed by atoms with E-state index in [1.54, 1.807) is 0 Å². The minimum absolute atomic E-state index is 0. The van der Waals surface area contributed by atoms with Crippen molar-refractivity contribution < 1.29 is 36.5 Å². The first-order valence-corrected chi connectivity index (χ1v) is 1.80. The number of hydrogen-bond donors (Lipinski definition) is 2. The first-order chi connectivity index (χ1) is 1.00. The SMILES string of the molecule is O.SS.[H-].[Na+]. The van der Waals surface area contributed by atoms with Crippen molar-refractivity contribution in [1.82, 2.24) is 0 Å². The Hall–Kier alpha value is 1.66. The molecule has 0 unspecified atom stereocenters. The van der Waals surface area contributed by atoms with Crippen molar-refractivity contribution in [2.24, 2.45) is 0 Å². The van der Waals surface area contributed by atoms with Crippen molar-refractivity contribution in [3.8, 4) is 0 Å². The minimum atomic E-state index is 0. The van der Waals surface area contributed by atoms with Crippen LogP contribution in [0.5, 0.6) is 0 Å². The number of rotatable bonds is 0. The molecule has 0 aromatic carbocycles. The third-order valence-electron chi connectivity index (χ3n) is 0. The first kappa shape index (κ1) is 17.4. The second kappa shape index (κ2) is 22.7. The molecular formula is H5NaOS2. The number of hydrogen-bond acceptors (Lipinski definition) is 2. The van der Waals surface area contributed by atoms with Gasteiger partial charge in [0, 0.05) is 0 Å². The Morgan fingerprint density at radius 2 is 1.25 bits per heavy atom. The molecule has 0 rings (SSSR count). The van der Waals surface area contributed by atoms with Crippen molar-refractivity contribution in [1.29, 1.82) is 0 Å². The van der Waals surface area contributed by atoms with E-state index in [0.29, 0.717) is 0 Å². The van der Waals surface area contributed by atoms with E-state index in [1.165, 1.54) is 0 Å². The van der Waals surface area contributed by atoms with Gasteiger partial charge in [-0.15, -0.1) is 23.3 Å². The quantitative estimate of drug-likeness (QED) is 0.189. The zero-order chi connectivity index (χ0) is 2.00. The standard InChI is InChI=1S/Na.H2O.H2S2.H/c;;1-2;/h;1H2;1-2H;/q+1;;;-1. The third-order valence-corrected chi connectivity index (χ3v) is 0. The molecule has 0 bridgehead atoms. The van der Waals surface area contributed by atoms with E-state index in [9.17, 15) is 0 Å². The molecule has 0 aromatic rings. The van der Waals surface area contributed by atoms with Gasteiger partial charge in [-0.05, 0) is 0 Å². The molecular weight excluding hydrogens is 103 g/mol. The summed E-state index contributed by atoms with van der Waals surface area (Å²) in [6, 6.07) is 0. The van der Waals surface area contributed by atoms with Gasteiger partial charge >= 0.3 is 29.6 Å². The molecule has 0 aromatic heterocycles. The molecule has 0 aliphatic heterocycles. The Morgan fingerprint density at radius 1 is 1.25 bits per heavy atom. The summed E-state index contributed by atoms with van der Waals surface area (Å²) in [7, 11) is 0. The molecule has 4 heavy (non-hydrogen) atoms. The average molecular weight is 108 g/mol. The van der Waals surface area contributed by atoms with E-state index in [0.717, 1.165) is 0 Å². The Bertz CT molecular complexity index is 9.61. The maximum absolute atomic E-state index is 3.22. The van der Waals surface area contributed by atoms with Gasteiger partial charge in [0.25, 0.3) is 0 Å². The molecule has 0 fully saturated rings. The molecule has 1 nitrogen and oxygen atoms in total. The van der Waals surface area contributed by atoms with Crippen molar-refractivity contribution in [3.05, 3.63) is 0 Å². The van der Waals surface area contributed by atoms with Crippen molar-refractivity contribution in [2.75, 3.05) is 0 Å². The van der Waals surface area contributed by atoms with Crippen LogP contribution in [0.3, 0.4) is 0 Å². The van der Waals surface area contributed by atoms with E-state index >= 15 is 0 Å². The van der Waals surface area contributed by atoms with Crippen LogP contribution in [0.1, 0.15) is 1.43 Å². The molecule has 2 N–H and O–H groups in total. The summed E-state index contributed by atoms with van der Waals surface area (Å²) in [4.78, 5) is 0. The fourth-order valence-electron chi connectivity index (χ4n) is 0. The second-order valence-corrected chi connectivity index (χ2v) is 0. The Morgan fingerprint density at radius 3 is 1.25 bits per heavy atom. The summed E-state index contributed by atoms with van der Waals surface area (Å²) in [6.07, 6.45) is 0. The normalized spacial score (nSPS) is 1.50. The van der Waals surface area contributed by atoms with Crippen molar-refractivity contribution in [3.63, 3.8) is 0 Å². The monoisotopic (exact) mass is 108 g/mol. The van der Waals surface area contributed by atoms with E-state index in [2.05, 4.69) is 23.3 Å². The van der Waals surface area contributed by atoms with Gasteiger partial charge in [-0.25, -0.2) is 0 Å². The molecule has 0 saturated heterocycles. The van der Waals surface area contributed by atoms with Gasteiger partial charge in [0.1, 0.15) is 0 Å². The van der Waals surface area contributed by atoms with Gasteiger partial charge < -0.3 is 6.90 Å². The zero-order valence-electron chi connectivity index (χ0n) is 3.39. The van der Waals surface area contributed by atoms with Crippen LogP contribution in [-0.2, 0) is 0 Å². The zero-order valence-corrected chi connectivity index (χ0v) is 6.18. The maximum atomic E-state index is 3.22. The van der Waals surface area contributed by atoms with Crippen LogP contribution in [0, 0.1) is 0 Å². The fourth-order valence-corrected chi connectivity index (χ4v) is 0. The van der Waals surface area contributed by atoms with E-state index in [-0.39, 0.29) is 36.5 Å². The molecule has 0 aliphatic rings. The molecule has 0 saturated carbocycles. The van der Waals surface area contributed by atoms with Crippen LogP contribution in [0.15, 0.2) is 0 Å². The van der Waals surface area contributed by atoms with Gasteiger partial charge in [-0.1, -0.05) is 0 Å². The predicted molar refractivity (Wildman–Crippen MR) is 22.7 cm³/mol. The van der Waals surface area contributed by atoms with Gasteiger partial charge in [0.2, 0.25) is 0 Å². The maximum Gasteiger partial charge on any atom is 1.00 e. The molecule has 4 heteroatoms. The molecule has 0 spiro atoms. The predicted octanol–water partition coefficient (Wildman–Crippen LogP) is -2.95. The summed E-state index contributed by atoms with van der Waals surface area (Å²) in [5.41, 5.74) is 0. The molecule has 0 heterocycles. The second-order valence-electron chi connectivity index (χ2n) is 0. The Kier molecular flexibility index (Phi) is 98.4. The largest absolute Gasteiger partial charge is 1.00 e. The first-order valence-electron chi connectivity index (χ1n) is 0.200. The van der Waals surface area contributed by atoms with E-state index in [1.807, 2.05) is 0 Å². The van der Waals surface area contributed by atoms with Crippen LogP contribution in [-0.4, -0.2) is 5.48 Å². The van der Waals surface area contributed by atoms with Crippen LogP contribution in [0.4, 0.5) is 0 Å². The van der Waals surface area contributed by atoms with Crippen molar-refractivity contribution in [2.45, 2.75) is 0 Å². The van der Waals surface area contributed by atoms with E-state index in [4.69, 9.17) is 0 Å². The van der Waals surface area contributed by atoms with Crippen LogP contribution >= 0.6 is 23.3 Å². The van der Waals surface area contributed by atoms with Crippen LogP contribution in [0.2, 0.25) is 0 Å². The summed E-state index contributed by atoms with van der Waals surface area (Å²) < 4.78 is 0. The number of thiol groups is 2. The van der Waals surface area contributed by atoms with Crippen LogP contribution in [0.25, 0.3) is 0 Å². The molecule has 0 amide bonds. The molecule has 0 aliphatic carbocycles. The topological polar surface area (TPSA) is 31.5 Å².